The Kier molecular flexibility index (Phi) is 5.63. The van der Waals surface area contributed by atoms with Crippen LogP contribution >= 0.6 is 22.7 Å². The predicted octanol–water partition coefficient (Wildman–Crippen LogP) is 3.56. The molecule has 2 fully saturated rings. The fraction of sp³-hybridized carbons (Fsp3) is 0.474. The Morgan fingerprint density at radius 2 is 2.10 bits per heavy atom. The van der Waals surface area contributed by atoms with Gasteiger partial charge in [0.1, 0.15) is 4.21 Å². The molecule has 12 heteroatoms. The van der Waals surface area contributed by atoms with Crippen LogP contribution in [0, 0.1) is 5.92 Å². The van der Waals surface area contributed by atoms with Crippen molar-refractivity contribution in [2.24, 2.45) is 5.92 Å². The highest BCUT2D eigenvalue weighted by Gasteiger charge is 2.35. The predicted molar refractivity (Wildman–Crippen MR) is 116 cm³/mol. The SMILES string of the molecule is O=C(Nc1nccs1)C1CCCN(S(=O)(=O)c2cc(-c3noc(C4CCC4)n3)cs2)C1. The number of sulfonamides is 1. The number of nitrogens with zero attached hydrogens (tertiary/aromatic N) is 4. The molecule has 1 atom stereocenters. The molecule has 31 heavy (non-hydrogen) atoms. The van der Waals surface area contributed by atoms with Gasteiger partial charge in [0.15, 0.2) is 5.13 Å². The number of carbonyl (C=O) groups excluding carboxylic acids is 1. The molecule has 2 aliphatic rings. The van der Waals surface area contributed by atoms with Crippen molar-refractivity contribution in [1.29, 1.82) is 0 Å². The molecule has 0 bridgehead atoms. The van der Waals surface area contributed by atoms with Gasteiger partial charge in [0.25, 0.3) is 10.0 Å². The van der Waals surface area contributed by atoms with Crippen molar-refractivity contribution in [3.63, 3.8) is 0 Å². The highest BCUT2D eigenvalue weighted by atomic mass is 32.2. The number of hydrogen-bond acceptors (Lipinski definition) is 9. The third-order valence-corrected chi connectivity index (χ3v) is 9.71. The number of carbonyl (C=O) groups is 1. The number of anilines is 1. The zero-order valence-corrected chi connectivity index (χ0v) is 19.0. The summed E-state index contributed by atoms with van der Waals surface area (Å²) in [5.74, 6) is 0.760. The van der Waals surface area contributed by atoms with Gasteiger partial charge in [-0.1, -0.05) is 11.6 Å². The van der Waals surface area contributed by atoms with Gasteiger partial charge in [-0.15, -0.1) is 22.7 Å². The normalized spacial score (nSPS) is 20.5. The van der Waals surface area contributed by atoms with Gasteiger partial charge >= 0.3 is 0 Å². The molecule has 4 heterocycles. The lowest BCUT2D eigenvalue weighted by molar-refractivity contribution is -0.120. The van der Waals surface area contributed by atoms with E-state index in [1.54, 1.807) is 23.0 Å². The van der Waals surface area contributed by atoms with E-state index in [-0.39, 0.29) is 16.7 Å². The standard InChI is InChI=1S/C19H21N5O4S3/c25-17(22-19-20-6-8-29-19)13-5-2-7-24(10-13)31(26,27)15-9-14(11-30-15)16-21-18(28-23-16)12-3-1-4-12/h6,8-9,11-13H,1-5,7,10H2,(H,20,22,25). The number of nitrogens with one attached hydrogen (secondary N) is 1. The van der Waals surface area contributed by atoms with Crippen molar-refractivity contribution in [2.45, 2.75) is 42.2 Å². The minimum Gasteiger partial charge on any atom is -0.339 e. The van der Waals surface area contributed by atoms with Crippen molar-refractivity contribution >= 4 is 43.7 Å². The number of amides is 1. The molecule has 9 nitrogen and oxygen atoms in total. The van der Waals surface area contributed by atoms with Gasteiger partial charge in [-0.2, -0.15) is 9.29 Å². The van der Waals surface area contributed by atoms with Crippen molar-refractivity contribution in [2.75, 3.05) is 18.4 Å². The summed E-state index contributed by atoms with van der Waals surface area (Å²) in [6, 6.07) is 1.59. The molecular formula is C19H21N5O4S3. The molecule has 0 aromatic carbocycles. The van der Waals surface area contributed by atoms with E-state index in [2.05, 4.69) is 20.4 Å². The summed E-state index contributed by atoms with van der Waals surface area (Å²) in [5, 5.41) is 10.8. The molecule has 5 rings (SSSR count). The summed E-state index contributed by atoms with van der Waals surface area (Å²) in [4.78, 5) is 21.1. The number of thiazole rings is 1. The highest BCUT2D eigenvalue weighted by molar-refractivity contribution is 7.91. The van der Waals surface area contributed by atoms with Gasteiger partial charge in [0.2, 0.25) is 17.6 Å². The van der Waals surface area contributed by atoms with Crippen LogP contribution in [0.5, 0.6) is 0 Å². The molecule has 164 valence electrons. The number of piperidine rings is 1. The van der Waals surface area contributed by atoms with E-state index in [0.29, 0.717) is 47.7 Å². The minimum absolute atomic E-state index is 0.154. The van der Waals surface area contributed by atoms with E-state index >= 15 is 0 Å². The van der Waals surface area contributed by atoms with Gasteiger partial charge < -0.3 is 9.84 Å². The topological polar surface area (TPSA) is 118 Å². The van der Waals surface area contributed by atoms with Gasteiger partial charge in [-0.25, -0.2) is 13.4 Å². The first-order valence-corrected chi connectivity index (χ1v) is 13.3. The Morgan fingerprint density at radius 3 is 2.84 bits per heavy atom. The summed E-state index contributed by atoms with van der Waals surface area (Å²) in [5.41, 5.74) is 0.632. The smallest absolute Gasteiger partial charge is 0.252 e. The molecule has 1 unspecified atom stereocenters. The van der Waals surface area contributed by atoms with E-state index in [4.69, 9.17) is 4.52 Å². The highest BCUT2D eigenvalue weighted by Crippen LogP contribution is 2.37. The summed E-state index contributed by atoms with van der Waals surface area (Å²) in [6.07, 6.45) is 6.16. The molecule has 1 N–H and O–H groups in total. The van der Waals surface area contributed by atoms with Crippen LogP contribution in [0.25, 0.3) is 11.4 Å². The van der Waals surface area contributed by atoms with Crippen LogP contribution < -0.4 is 5.32 Å². The maximum atomic E-state index is 13.2. The third-order valence-electron chi connectivity index (χ3n) is 5.74. The summed E-state index contributed by atoms with van der Waals surface area (Å²) < 4.78 is 33.4. The zero-order chi connectivity index (χ0) is 21.4. The summed E-state index contributed by atoms with van der Waals surface area (Å²) >= 11 is 2.47. The maximum absolute atomic E-state index is 13.2. The fourth-order valence-electron chi connectivity index (χ4n) is 3.74. The molecule has 0 radical (unpaired) electrons. The van der Waals surface area contributed by atoms with Crippen molar-refractivity contribution in [3.8, 4) is 11.4 Å². The lowest BCUT2D eigenvalue weighted by Gasteiger charge is -2.30. The van der Waals surface area contributed by atoms with Gasteiger partial charge in [0, 0.05) is 41.5 Å². The lowest BCUT2D eigenvalue weighted by Crippen LogP contribution is -2.43. The van der Waals surface area contributed by atoms with Crippen LogP contribution in [0.3, 0.4) is 0 Å². The Hall–Kier alpha value is -2.15. The molecule has 1 saturated carbocycles. The molecular weight excluding hydrogens is 458 g/mol. The second-order valence-corrected chi connectivity index (χ2v) is 11.7. The van der Waals surface area contributed by atoms with E-state index in [9.17, 15) is 13.2 Å². The van der Waals surface area contributed by atoms with Crippen LogP contribution in [-0.4, -0.2) is 46.8 Å². The molecule has 1 amide bonds. The first kappa shape index (κ1) is 20.7. The minimum atomic E-state index is -3.71. The summed E-state index contributed by atoms with van der Waals surface area (Å²) in [7, 11) is -3.71. The average Bonchev–Trinajstić information content (AvgIpc) is 3.48. The average molecular weight is 480 g/mol. The van der Waals surface area contributed by atoms with Crippen molar-refractivity contribution in [1.82, 2.24) is 19.4 Å². The number of rotatable bonds is 6. The number of aromatic nitrogens is 3. The lowest BCUT2D eigenvalue weighted by atomic mass is 9.85. The zero-order valence-electron chi connectivity index (χ0n) is 16.6. The summed E-state index contributed by atoms with van der Waals surface area (Å²) in [6.45, 7) is 0.547. The molecule has 3 aromatic heterocycles. The van der Waals surface area contributed by atoms with Gasteiger partial charge in [0.05, 0.1) is 5.92 Å². The molecule has 3 aromatic rings. The molecule has 0 spiro atoms. The third kappa shape index (κ3) is 4.16. The first-order valence-electron chi connectivity index (χ1n) is 10.1. The van der Waals surface area contributed by atoms with Crippen molar-refractivity contribution < 1.29 is 17.7 Å². The van der Waals surface area contributed by atoms with E-state index in [1.807, 2.05) is 0 Å². The number of hydrogen-bond donors (Lipinski definition) is 1. The Labute approximate surface area is 187 Å². The first-order chi connectivity index (χ1) is 15.0. The second-order valence-electron chi connectivity index (χ2n) is 7.77. The second kappa shape index (κ2) is 8.41. The molecule has 1 aliphatic carbocycles. The van der Waals surface area contributed by atoms with Crippen LogP contribution in [0.1, 0.15) is 43.9 Å². The van der Waals surface area contributed by atoms with Crippen LogP contribution in [-0.2, 0) is 14.8 Å². The van der Waals surface area contributed by atoms with Crippen LogP contribution in [0.15, 0.2) is 31.8 Å². The Bertz CT molecular complexity index is 1170. The quantitative estimate of drug-likeness (QED) is 0.574. The van der Waals surface area contributed by atoms with E-state index in [1.165, 1.54) is 22.1 Å². The molecule has 1 aliphatic heterocycles. The Balaban J connectivity index is 1.29. The monoisotopic (exact) mass is 479 g/mol. The molecule has 1 saturated heterocycles. The fourth-order valence-corrected chi connectivity index (χ4v) is 7.10. The van der Waals surface area contributed by atoms with Crippen LogP contribution in [0.4, 0.5) is 5.13 Å². The van der Waals surface area contributed by atoms with Gasteiger partial charge in [-0.05, 0) is 31.7 Å². The maximum Gasteiger partial charge on any atom is 0.252 e. The largest absolute Gasteiger partial charge is 0.339 e. The van der Waals surface area contributed by atoms with Crippen molar-refractivity contribution in [3.05, 3.63) is 28.9 Å². The van der Waals surface area contributed by atoms with Gasteiger partial charge in [-0.3, -0.25) is 4.79 Å². The Morgan fingerprint density at radius 1 is 1.23 bits per heavy atom. The number of thiophene rings is 1. The van der Waals surface area contributed by atoms with Crippen LogP contribution in [0.2, 0.25) is 0 Å². The van der Waals surface area contributed by atoms with E-state index < -0.39 is 15.9 Å². The van der Waals surface area contributed by atoms with E-state index in [0.717, 1.165) is 24.2 Å².